The highest BCUT2D eigenvalue weighted by Gasteiger charge is 2.31. The van der Waals surface area contributed by atoms with Crippen LogP contribution in [0.25, 0.3) is 16.5 Å². The molecule has 1 amide bonds. The Balaban J connectivity index is 1.69. The molecule has 9 nitrogen and oxygen atoms in total. The highest BCUT2D eigenvalue weighted by Crippen LogP contribution is 2.31. The molecule has 0 saturated heterocycles. The van der Waals surface area contributed by atoms with Crippen LogP contribution >= 0.6 is 22.9 Å². The molecule has 2 aromatic heterocycles. The summed E-state index contributed by atoms with van der Waals surface area (Å²) in [7, 11) is 0. The predicted octanol–water partition coefficient (Wildman–Crippen LogP) is 5.19. The van der Waals surface area contributed by atoms with Crippen molar-refractivity contribution in [3.8, 4) is 17.2 Å². The number of hydrogen-bond acceptors (Lipinski definition) is 8. The Morgan fingerprint density at radius 2 is 1.74 bits per heavy atom. The van der Waals surface area contributed by atoms with E-state index >= 15 is 0 Å². The molecule has 0 unspecified atom stereocenters. The molecule has 0 saturated carbocycles. The van der Waals surface area contributed by atoms with Crippen molar-refractivity contribution in [1.29, 1.82) is 0 Å². The minimum atomic E-state index is -4.90. The number of alkyl halides is 3. The van der Waals surface area contributed by atoms with E-state index in [1.165, 1.54) is 17.5 Å². The van der Waals surface area contributed by atoms with E-state index in [1.54, 1.807) is 31.2 Å². The number of halogens is 4. The summed E-state index contributed by atoms with van der Waals surface area (Å²) in [4.78, 5) is 38.6. The third-order valence-corrected chi connectivity index (χ3v) is 6.02. The van der Waals surface area contributed by atoms with E-state index in [9.17, 15) is 27.6 Å². The lowest BCUT2D eigenvalue weighted by Gasteiger charge is -2.12. The van der Waals surface area contributed by atoms with Crippen molar-refractivity contribution < 1.29 is 37.0 Å². The zero-order chi connectivity index (χ0) is 27.4. The average Bonchev–Trinajstić information content (AvgIpc) is 3.28. The van der Waals surface area contributed by atoms with Crippen molar-refractivity contribution in [2.45, 2.75) is 13.3 Å². The first-order valence-corrected chi connectivity index (χ1v) is 12.1. The fourth-order valence-electron chi connectivity index (χ4n) is 3.30. The minimum Gasteiger partial charge on any atom is -0.484 e. The monoisotopic (exact) mass is 567 g/mol. The van der Waals surface area contributed by atoms with Gasteiger partial charge < -0.3 is 19.5 Å². The number of benzene rings is 2. The highest BCUT2D eigenvalue weighted by atomic mass is 35.5. The number of ether oxygens (including phenoxy) is 3. The number of thiophene rings is 1. The summed E-state index contributed by atoms with van der Waals surface area (Å²) in [6, 6.07) is 10.7. The van der Waals surface area contributed by atoms with Gasteiger partial charge in [0.1, 0.15) is 16.5 Å². The van der Waals surface area contributed by atoms with Gasteiger partial charge in [-0.3, -0.25) is 9.59 Å². The van der Waals surface area contributed by atoms with Crippen LogP contribution in [0, 0.1) is 0 Å². The maximum absolute atomic E-state index is 13.4. The molecule has 0 fully saturated rings. The van der Waals surface area contributed by atoms with Crippen LogP contribution in [-0.2, 0) is 9.53 Å². The number of hydrogen-bond donors (Lipinski definition) is 1. The molecule has 0 atom stereocenters. The maximum Gasteiger partial charge on any atom is 0.573 e. The third kappa shape index (κ3) is 6.23. The van der Waals surface area contributed by atoms with E-state index in [2.05, 4.69) is 15.2 Å². The van der Waals surface area contributed by atoms with E-state index in [4.69, 9.17) is 21.1 Å². The average molecular weight is 568 g/mol. The van der Waals surface area contributed by atoms with Crippen molar-refractivity contribution in [3.63, 3.8) is 0 Å². The van der Waals surface area contributed by atoms with Gasteiger partial charge in [0.15, 0.2) is 12.3 Å². The normalized spacial score (nSPS) is 11.3. The van der Waals surface area contributed by atoms with Crippen molar-refractivity contribution in [2.24, 2.45) is 0 Å². The molecule has 14 heteroatoms. The molecule has 0 bridgehead atoms. The zero-order valence-corrected chi connectivity index (χ0v) is 20.9. The van der Waals surface area contributed by atoms with Crippen molar-refractivity contribution >= 4 is 50.6 Å². The van der Waals surface area contributed by atoms with Gasteiger partial charge in [-0.05, 0) is 55.5 Å². The Morgan fingerprint density at radius 1 is 1.08 bits per heavy atom. The predicted molar refractivity (Wildman–Crippen MR) is 133 cm³/mol. The summed E-state index contributed by atoms with van der Waals surface area (Å²) in [5.74, 6) is -1.53. The number of rotatable bonds is 8. The fraction of sp³-hybridized carbons (Fsp3) is 0.167. The van der Waals surface area contributed by atoms with Crippen molar-refractivity contribution in [3.05, 3.63) is 75.0 Å². The molecule has 2 heterocycles. The Bertz CT molecular complexity index is 1540. The van der Waals surface area contributed by atoms with Crippen LogP contribution in [0.2, 0.25) is 5.02 Å². The maximum atomic E-state index is 13.4. The smallest absolute Gasteiger partial charge is 0.484 e. The quantitative estimate of drug-likeness (QED) is 0.292. The molecule has 198 valence electrons. The molecular formula is C24H17ClF3N3O6S. The Hall–Kier alpha value is -4.10. The van der Waals surface area contributed by atoms with E-state index in [0.29, 0.717) is 10.8 Å². The largest absolute Gasteiger partial charge is 0.573 e. The van der Waals surface area contributed by atoms with Gasteiger partial charge in [0.2, 0.25) is 0 Å². The first kappa shape index (κ1) is 26.9. The number of anilines is 1. The van der Waals surface area contributed by atoms with Gasteiger partial charge >= 0.3 is 12.3 Å². The van der Waals surface area contributed by atoms with Crippen LogP contribution in [0.4, 0.5) is 18.2 Å². The second-order valence-corrected chi connectivity index (χ2v) is 8.79. The summed E-state index contributed by atoms with van der Waals surface area (Å²) >= 11 is 6.81. The van der Waals surface area contributed by atoms with Gasteiger partial charge in [-0.2, -0.15) is 9.78 Å². The molecule has 0 spiro atoms. The van der Waals surface area contributed by atoms with E-state index < -0.39 is 29.5 Å². The Morgan fingerprint density at radius 3 is 2.37 bits per heavy atom. The highest BCUT2D eigenvalue weighted by molar-refractivity contribution is 7.16. The number of nitrogens with zero attached hydrogens (tertiary/aromatic N) is 2. The first-order chi connectivity index (χ1) is 18.1. The van der Waals surface area contributed by atoms with Crippen LogP contribution in [0.5, 0.6) is 11.5 Å². The number of carbonyl (C=O) groups excluding carboxylic acids is 2. The fourth-order valence-corrected chi connectivity index (χ4v) is 4.38. The van der Waals surface area contributed by atoms with Gasteiger partial charge in [-0.25, -0.2) is 4.79 Å². The van der Waals surface area contributed by atoms with Gasteiger partial charge in [-0.15, -0.1) is 24.5 Å². The van der Waals surface area contributed by atoms with Crippen LogP contribution in [-0.4, -0.2) is 41.2 Å². The standard InChI is InChI=1S/C24H17ClF3N3O6S/c1-2-35-23(34)20-17-12-38-21(29-18(32)11-36-15-7-3-13(25)4-8-15)19(17)22(33)31(30-20)14-5-9-16(10-6-14)37-24(26,27)28/h3-10,12H,2,11H2,1H3,(H,29,32). The SMILES string of the molecule is CCOC(=O)c1nn(-c2ccc(OC(F)(F)F)cc2)c(=O)c2c(NC(=O)COc3ccc(Cl)cc3)scc12. The number of nitrogens with one attached hydrogen (secondary N) is 1. The summed E-state index contributed by atoms with van der Waals surface area (Å²) < 4.78 is 52.7. The molecule has 4 rings (SSSR count). The Kier molecular flexibility index (Phi) is 7.88. The lowest BCUT2D eigenvalue weighted by atomic mass is 10.2. The number of aromatic nitrogens is 2. The minimum absolute atomic E-state index is 0.0282. The lowest BCUT2D eigenvalue weighted by molar-refractivity contribution is -0.274. The van der Waals surface area contributed by atoms with Crippen LogP contribution in [0.3, 0.4) is 0 Å². The number of fused-ring (bicyclic) bond motifs is 1. The molecule has 0 aliphatic rings. The van der Waals surface area contributed by atoms with Gasteiger partial charge in [0, 0.05) is 15.8 Å². The lowest BCUT2D eigenvalue weighted by Crippen LogP contribution is -2.26. The van der Waals surface area contributed by atoms with Crippen molar-refractivity contribution in [1.82, 2.24) is 9.78 Å². The van der Waals surface area contributed by atoms with Crippen molar-refractivity contribution in [2.75, 3.05) is 18.5 Å². The molecule has 0 radical (unpaired) electrons. The molecule has 1 N–H and O–H groups in total. The zero-order valence-electron chi connectivity index (χ0n) is 19.4. The summed E-state index contributed by atoms with van der Waals surface area (Å²) in [6.07, 6.45) is -4.90. The molecule has 4 aromatic rings. The second-order valence-electron chi connectivity index (χ2n) is 7.47. The number of carbonyl (C=O) groups is 2. The summed E-state index contributed by atoms with van der Waals surface area (Å²) in [5.41, 5.74) is -0.898. The number of amides is 1. The molecule has 2 aromatic carbocycles. The van der Waals surface area contributed by atoms with Gasteiger partial charge in [-0.1, -0.05) is 11.6 Å². The first-order valence-electron chi connectivity index (χ1n) is 10.8. The summed E-state index contributed by atoms with van der Waals surface area (Å²) in [6.45, 7) is 1.23. The topological polar surface area (TPSA) is 109 Å². The molecular weight excluding hydrogens is 551 g/mol. The van der Waals surface area contributed by atoms with Gasteiger partial charge in [0.05, 0.1) is 17.7 Å². The number of esters is 1. The molecule has 0 aliphatic carbocycles. The van der Waals surface area contributed by atoms with Crippen LogP contribution in [0.15, 0.2) is 58.7 Å². The van der Waals surface area contributed by atoms with Crippen LogP contribution < -0.4 is 20.3 Å². The third-order valence-electron chi connectivity index (χ3n) is 4.87. The van der Waals surface area contributed by atoms with Gasteiger partial charge in [0.25, 0.3) is 11.5 Å². The molecule has 38 heavy (non-hydrogen) atoms. The van der Waals surface area contributed by atoms with Crippen LogP contribution in [0.1, 0.15) is 17.4 Å². The van der Waals surface area contributed by atoms with E-state index in [0.717, 1.165) is 28.2 Å². The summed E-state index contributed by atoms with van der Waals surface area (Å²) in [5, 5.41) is 8.87. The Labute approximate surface area is 221 Å². The van der Waals surface area contributed by atoms with E-state index in [-0.39, 0.29) is 40.4 Å². The van der Waals surface area contributed by atoms with E-state index in [1.807, 2.05) is 0 Å². The second kappa shape index (κ2) is 11.1. The molecule has 0 aliphatic heterocycles.